The number of fused-ring (bicyclic) bond motifs is 2. The van der Waals surface area contributed by atoms with Gasteiger partial charge in [0.15, 0.2) is 11.6 Å². The van der Waals surface area contributed by atoms with E-state index in [1.165, 1.54) is 25.4 Å². The third kappa shape index (κ3) is 3.68. The van der Waals surface area contributed by atoms with Crippen LogP contribution in [0.1, 0.15) is 5.56 Å². The summed E-state index contributed by atoms with van der Waals surface area (Å²) in [5.74, 6) is -2.99. The summed E-state index contributed by atoms with van der Waals surface area (Å²) in [7, 11) is 1.46. The molecule has 2 aromatic carbocycles. The van der Waals surface area contributed by atoms with Crippen LogP contribution in [0.5, 0.6) is 11.5 Å². The zero-order valence-electron chi connectivity index (χ0n) is 17.9. The van der Waals surface area contributed by atoms with Crippen LogP contribution >= 0.6 is 0 Å². The van der Waals surface area contributed by atoms with Crippen LogP contribution in [0.2, 0.25) is 0 Å². The Balaban J connectivity index is 1.68. The van der Waals surface area contributed by atoms with Crippen molar-refractivity contribution in [1.82, 2.24) is 14.5 Å². The molecular weight excluding hydrogens is 469 g/mol. The van der Waals surface area contributed by atoms with E-state index in [1.54, 1.807) is 24.3 Å². The van der Waals surface area contributed by atoms with Crippen LogP contribution in [0.25, 0.3) is 16.7 Å². The minimum Gasteiger partial charge on any atom is -0.497 e. The molecule has 1 aliphatic heterocycles. The molecule has 35 heavy (non-hydrogen) atoms. The van der Waals surface area contributed by atoms with Gasteiger partial charge in [0.25, 0.3) is 5.56 Å². The molecule has 178 valence electrons. The van der Waals surface area contributed by atoms with Crippen LogP contribution in [-0.4, -0.2) is 33.7 Å². The molecule has 1 amide bonds. The van der Waals surface area contributed by atoms with Gasteiger partial charge in [-0.1, -0.05) is 12.1 Å². The van der Waals surface area contributed by atoms with Gasteiger partial charge >= 0.3 is 17.7 Å². The van der Waals surface area contributed by atoms with Crippen LogP contribution in [0.4, 0.5) is 18.9 Å². The number of rotatable bonds is 4. The highest BCUT2D eigenvalue weighted by Crippen LogP contribution is 2.42. The van der Waals surface area contributed by atoms with Crippen molar-refractivity contribution in [1.29, 1.82) is 0 Å². The summed E-state index contributed by atoms with van der Waals surface area (Å²) < 4.78 is 53.7. The van der Waals surface area contributed by atoms with E-state index in [1.807, 2.05) is 0 Å². The number of carbonyl (C=O) groups is 1. The fourth-order valence-electron chi connectivity index (χ4n) is 3.78. The van der Waals surface area contributed by atoms with Crippen molar-refractivity contribution >= 4 is 22.6 Å². The molecular formula is C23H15F3N4O5. The van der Waals surface area contributed by atoms with Crippen molar-refractivity contribution in [2.75, 3.05) is 12.0 Å². The number of nitrogens with zero attached hydrogens (tertiary/aromatic N) is 3. The molecule has 0 saturated carbocycles. The second kappa shape index (κ2) is 8.01. The van der Waals surface area contributed by atoms with Gasteiger partial charge in [-0.25, -0.2) is 18.7 Å². The van der Waals surface area contributed by atoms with E-state index >= 15 is 4.39 Å². The first-order valence-corrected chi connectivity index (χ1v) is 10.2. The average Bonchev–Trinajstić information content (AvgIpc) is 2.83. The minimum absolute atomic E-state index is 0.00170. The zero-order valence-corrected chi connectivity index (χ0v) is 17.9. The van der Waals surface area contributed by atoms with Gasteiger partial charge in [-0.15, -0.1) is 0 Å². The number of nitrogens with one attached hydrogen (secondary N) is 1. The topological polar surface area (TPSA) is 107 Å². The molecule has 5 rings (SSSR count). The quantitative estimate of drug-likeness (QED) is 0.478. The number of H-pyrrole nitrogens is 1. The third-order valence-electron chi connectivity index (χ3n) is 5.46. The standard InChI is InChI=1S/C23H15F3N4O5/c1-34-13-6-4-12(5-7-13)11-29-17-10-16(15(24)9-18(17)35-23(25,26)21(29)32)30-20(31)14-3-2-8-27-19(14)28-22(30)33/h2-10H,11H2,1H3,(H,27,28,33). The molecule has 1 aliphatic rings. The van der Waals surface area contributed by atoms with Crippen molar-refractivity contribution in [3.63, 3.8) is 0 Å². The van der Waals surface area contributed by atoms with E-state index in [9.17, 15) is 23.2 Å². The van der Waals surface area contributed by atoms with E-state index in [2.05, 4.69) is 14.7 Å². The number of anilines is 1. The number of aromatic amines is 1. The number of aromatic nitrogens is 3. The highest BCUT2D eigenvalue weighted by molar-refractivity contribution is 6.01. The molecule has 0 spiro atoms. The number of ether oxygens (including phenoxy) is 2. The van der Waals surface area contributed by atoms with Crippen molar-refractivity contribution in [3.05, 3.63) is 86.9 Å². The number of alkyl halides is 2. The van der Waals surface area contributed by atoms with Gasteiger partial charge in [-0.05, 0) is 35.9 Å². The fourth-order valence-corrected chi connectivity index (χ4v) is 3.78. The SMILES string of the molecule is COc1ccc(CN2C(=O)C(F)(F)Oc3cc(F)c(-n4c(=O)[nH]c5ncccc5c4=O)cc32)cc1. The Labute approximate surface area is 194 Å². The van der Waals surface area contributed by atoms with Crippen molar-refractivity contribution in [3.8, 4) is 17.2 Å². The monoisotopic (exact) mass is 484 g/mol. The lowest BCUT2D eigenvalue weighted by Gasteiger charge is -2.34. The van der Waals surface area contributed by atoms with E-state index in [4.69, 9.17) is 4.74 Å². The van der Waals surface area contributed by atoms with Crippen LogP contribution in [-0.2, 0) is 11.3 Å². The smallest absolute Gasteiger partial charge is 0.482 e. The summed E-state index contributed by atoms with van der Waals surface area (Å²) in [5, 5.41) is -0.00170. The predicted molar refractivity (Wildman–Crippen MR) is 118 cm³/mol. The molecule has 2 aromatic heterocycles. The number of benzene rings is 2. The van der Waals surface area contributed by atoms with Crippen LogP contribution in [0, 0.1) is 5.82 Å². The Hall–Kier alpha value is -4.61. The Bertz CT molecular complexity index is 1600. The van der Waals surface area contributed by atoms with Crippen molar-refractivity contribution in [2.24, 2.45) is 0 Å². The van der Waals surface area contributed by atoms with Gasteiger partial charge in [-0.3, -0.25) is 19.5 Å². The van der Waals surface area contributed by atoms with Gasteiger partial charge in [0.2, 0.25) is 0 Å². The molecule has 0 radical (unpaired) electrons. The van der Waals surface area contributed by atoms with Gasteiger partial charge in [0, 0.05) is 12.3 Å². The number of pyridine rings is 1. The van der Waals surface area contributed by atoms with Crippen molar-refractivity contribution in [2.45, 2.75) is 12.7 Å². The van der Waals surface area contributed by atoms with Crippen LogP contribution < -0.4 is 25.6 Å². The van der Waals surface area contributed by atoms with E-state index in [-0.39, 0.29) is 23.3 Å². The molecule has 0 atom stereocenters. The van der Waals surface area contributed by atoms with Crippen LogP contribution in [0.3, 0.4) is 0 Å². The maximum atomic E-state index is 15.0. The Morgan fingerprint density at radius 3 is 2.54 bits per heavy atom. The number of amides is 1. The number of halogens is 3. The fraction of sp³-hybridized carbons (Fsp3) is 0.130. The highest BCUT2D eigenvalue weighted by Gasteiger charge is 2.51. The number of carbonyl (C=O) groups excluding carboxylic acids is 1. The Morgan fingerprint density at radius 2 is 1.83 bits per heavy atom. The highest BCUT2D eigenvalue weighted by atomic mass is 19.3. The van der Waals surface area contributed by atoms with Gasteiger partial charge in [-0.2, -0.15) is 8.78 Å². The van der Waals surface area contributed by atoms with Crippen LogP contribution in [0.15, 0.2) is 64.3 Å². The first kappa shape index (κ1) is 22.2. The first-order chi connectivity index (χ1) is 16.7. The maximum absolute atomic E-state index is 15.0. The summed E-state index contributed by atoms with van der Waals surface area (Å²) >= 11 is 0. The first-order valence-electron chi connectivity index (χ1n) is 10.2. The summed E-state index contributed by atoms with van der Waals surface area (Å²) in [6, 6.07) is 10.7. The molecule has 0 saturated heterocycles. The third-order valence-corrected chi connectivity index (χ3v) is 5.46. The normalized spacial score (nSPS) is 14.5. The summed E-state index contributed by atoms with van der Waals surface area (Å²) in [5.41, 5.74) is -2.23. The lowest BCUT2D eigenvalue weighted by atomic mass is 10.1. The largest absolute Gasteiger partial charge is 0.497 e. The molecule has 12 heteroatoms. The Kier molecular flexibility index (Phi) is 5.08. The molecule has 0 fully saturated rings. The predicted octanol–water partition coefficient (Wildman–Crippen LogP) is 2.74. The molecule has 4 aromatic rings. The van der Waals surface area contributed by atoms with E-state index in [0.717, 1.165) is 6.07 Å². The Morgan fingerprint density at radius 1 is 1.09 bits per heavy atom. The molecule has 0 bridgehead atoms. The van der Waals surface area contributed by atoms with Gasteiger partial charge in [0.05, 0.1) is 30.4 Å². The molecule has 0 unspecified atom stereocenters. The second-order valence-electron chi connectivity index (χ2n) is 7.60. The van der Waals surface area contributed by atoms with E-state index < -0.39 is 40.5 Å². The van der Waals surface area contributed by atoms with Crippen molar-refractivity contribution < 1.29 is 27.4 Å². The molecule has 1 N–H and O–H groups in total. The second-order valence-corrected chi connectivity index (χ2v) is 7.60. The summed E-state index contributed by atoms with van der Waals surface area (Å²) in [4.78, 5) is 45.1. The maximum Gasteiger partial charge on any atom is 0.482 e. The number of hydrogen-bond donors (Lipinski definition) is 1. The molecule has 3 heterocycles. The molecule has 0 aliphatic carbocycles. The lowest BCUT2D eigenvalue weighted by molar-refractivity contribution is -0.193. The number of hydrogen-bond acceptors (Lipinski definition) is 6. The van der Waals surface area contributed by atoms with Gasteiger partial charge < -0.3 is 9.47 Å². The minimum atomic E-state index is -4.25. The zero-order chi connectivity index (χ0) is 24.9. The van der Waals surface area contributed by atoms with E-state index in [0.29, 0.717) is 26.8 Å². The lowest BCUT2D eigenvalue weighted by Crippen LogP contribution is -2.50. The summed E-state index contributed by atoms with van der Waals surface area (Å²) in [6.07, 6.45) is -2.89. The number of methoxy groups -OCH3 is 1. The van der Waals surface area contributed by atoms with Gasteiger partial charge in [0.1, 0.15) is 11.4 Å². The molecule has 9 nitrogen and oxygen atoms in total. The average molecular weight is 484 g/mol. The summed E-state index contributed by atoms with van der Waals surface area (Å²) in [6.45, 7) is -0.327.